The van der Waals surface area contributed by atoms with E-state index in [0.717, 1.165) is 30.9 Å². The smallest absolute Gasteiger partial charge is 0.257 e. The van der Waals surface area contributed by atoms with Crippen molar-refractivity contribution < 1.29 is 4.79 Å². The summed E-state index contributed by atoms with van der Waals surface area (Å²) in [6, 6.07) is 13.5. The van der Waals surface area contributed by atoms with Gasteiger partial charge in [0.05, 0.1) is 10.6 Å². The van der Waals surface area contributed by atoms with Crippen molar-refractivity contribution in [2.24, 2.45) is 0 Å². The molecule has 1 aliphatic rings. The van der Waals surface area contributed by atoms with E-state index >= 15 is 0 Å². The Hall–Kier alpha value is -1.84. The number of carbonyl (C=O) groups excluding carboxylic acids is 1. The molecule has 3 nitrogen and oxygen atoms in total. The molecule has 0 spiro atoms. The number of halogens is 1. The lowest BCUT2D eigenvalue weighted by Crippen LogP contribution is -2.18. The zero-order valence-electron chi connectivity index (χ0n) is 13.3. The van der Waals surface area contributed by atoms with Crippen molar-refractivity contribution in [1.29, 1.82) is 0 Å². The highest BCUT2D eigenvalue weighted by Gasteiger charge is 2.13. The Kier molecular flexibility index (Phi) is 4.99. The second-order valence-corrected chi connectivity index (χ2v) is 6.53. The van der Waals surface area contributed by atoms with Gasteiger partial charge in [-0.15, -0.1) is 0 Å². The van der Waals surface area contributed by atoms with Gasteiger partial charge in [-0.05, 0) is 62.7 Å². The van der Waals surface area contributed by atoms with Crippen LogP contribution in [0.1, 0.15) is 34.3 Å². The van der Waals surface area contributed by atoms with E-state index < -0.39 is 0 Å². The molecule has 1 aliphatic heterocycles. The molecule has 1 saturated heterocycles. The van der Waals surface area contributed by atoms with Crippen molar-refractivity contribution in [2.75, 3.05) is 18.4 Å². The summed E-state index contributed by atoms with van der Waals surface area (Å²) in [7, 11) is 0. The summed E-state index contributed by atoms with van der Waals surface area (Å²) in [4.78, 5) is 14.9. The van der Waals surface area contributed by atoms with E-state index in [4.69, 9.17) is 11.6 Å². The lowest BCUT2D eigenvalue weighted by molar-refractivity contribution is 0.102. The third kappa shape index (κ3) is 4.12. The molecule has 23 heavy (non-hydrogen) atoms. The molecule has 0 aliphatic carbocycles. The lowest BCUT2D eigenvalue weighted by Gasteiger charge is -2.15. The first kappa shape index (κ1) is 16.0. The molecule has 0 saturated carbocycles. The van der Waals surface area contributed by atoms with Gasteiger partial charge in [-0.3, -0.25) is 9.69 Å². The van der Waals surface area contributed by atoms with E-state index in [1.54, 1.807) is 6.07 Å². The quantitative estimate of drug-likeness (QED) is 0.896. The number of amides is 1. The Morgan fingerprint density at radius 1 is 1.17 bits per heavy atom. The second-order valence-electron chi connectivity index (χ2n) is 6.12. The van der Waals surface area contributed by atoms with Crippen LogP contribution < -0.4 is 5.32 Å². The fraction of sp³-hybridized carbons (Fsp3) is 0.316. The lowest BCUT2D eigenvalue weighted by atomic mass is 10.1. The highest BCUT2D eigenvalue weighted by atomic mass is 35.5. The minimum absolute atomic E-state index is 0.169. The second kappa shape index (κ2) is 7.16. The van der Waals surface area contributed by atoms with E-state index in [0.29, 0.717) is 10.6 Å². The van der Waals surface area contributed by atoms with Gasteiger partial charge in [0.25, 0.3) is 5.91 Å². The van der Waals surface area contributed by atoms with Gasteiger partial charge in [-0.2, -0.15) is 0 Å². The van der Waals surface area contributed by atoms with Crippen LogP contribution in [0, 0.1) is 6.92 Å². The van der Waals surface area contributed by atoms with Crippen LogP contribution in [0.5, 0.6) is 0 Å². The Morgan fingerprint density at radius 3 is 2.74 bits per heavy atom. The van der Waals surface area contributed by atoms with Gasteiger partial charge in [-0.1, -0.05) is 35.4 Å². The number of hydrogen-bond acceptors (Lipinski definition) is 2. The van der Waals surface area contributed by atoms with E-state index in [1.165, 1.54) is 18.4 Å². The number of hydrogen-bond donors (Lipinski definition) is 1. The third-order valence-corrected chi connectivity index (χ3v) is 4.49. The predicted molar refractivity (Wildman–Crippen MR) is 95.1 cm³/mol. The van der Waals surface area contributed by atoms with E-state index in [1.807, 2.05) is 37.3 Å². The van der Waals surface area contributed by atoms with Crippen molar-refractivity contribution in [3.8, 4) is 0 Å². The van der Waals surface area contributed by atoms with E-state index in [2.05, 4.69) is 16.3 Å². The summed E-state index contributed by atoms with van der Waals surface area (Å²) in [6.07, 6.45) is 2.56. The first-order valence-corrected chi connectivity index (χ1v) is 8.38. The Balaban J connectivity index is 1.72. The number of likely N-dealkylation sites (tertiary alicyclic amines) is 1. The van der Waals surface area contributed by atoms with Crippen molar-refractivity contribution in [3.63, 3.8) is 0 Å². The van der Waals surface area contributed by atoms with Gasteiger partial charge in [0.2, 0.25) is 0 Å². The molecule has 0 unspecified atom stereocenters. The molecule has 0 radical (unpaired) electrons. The molecular weight excluding hydrogens is 308 g/mol. The molecule has 2 aromatic carbocycles. The number of nitrogens with one attached hydrogen (secondary N) is 1. The Morgan fingerprint density at radius 2 is 1.96 bits per heavy atom. The molecule has 1 amide bonds. The maximum Gasteiger partial charge on any atom is 0.257 e. The molecule has 1 heterocycles. The molecule has 0 aromatic heterocycles. The third-order valence-electron chi connectivity index (χ3n) is 4.16. The molecule has 0 bridgehead atoms. The topological polar surface area (TPSA) is 32.3 Å². The molecule has 1 N–H and O–H groups in total. The number of rotatable bonds is 4. The largest absolute Gasteiger partial charge is 0.322 e. The van der Waals surface area contributed by atoms with Gasteiger partial charge >= 0.3 is 0 Å². The monoisotopic (exact) mass is 328 g/mol. The van der Waals surface area contributed by atoms with Gasteiger partial charge in [0.1, 0.15) is 0 Å². The van der Waals surface area contributed by atoms with Crippen molar-refractivity contribution in [1.82, 2.24) is 4.90 Å². The Labute approximate surface area is 142 Å². The van der Waals surface area contributed by atoms with Crippen molar-refractivity contribution in [3.05, 3.63) is 64.2 Å². The Bertz CT molecular complexity index is 708. The number of nitrogens with zero attached hydrogens (tertiary/aromatic N) is 1. The number of anilines is 1. The zero-order chi connectivity index (χ0) is 16.2. The fourth-order valence-electron chi connectivity index (χ4n) is 2.96. The maximum absolute atomic E-state index is 12.4. The van der Waals surface area contributed by atoms with Gasteiger partial charge in [-0.25, -0.2) is 0 Å². The fourth-order valence-corrected chi connectivity index (χ4v) is 3.16. The minimum Gasteiger partial charge on any atom is -0.322 e. The number of aryl methyl sites for hydroxylation is 1. The van der Waals surface area contributed by atoms with E-state index in [9.17, 15) is 4.79 Å². The summed E-state index contributed by atoms with van der Waals surface area (Å²) >= 11 is 6.13. The summed E-state index contributed by atoms with van der Waals surface area (Å²) < 4.78 is 0. The summed E-state index contributed by atoms with van der Waals surface area (Å²) in [5.41, 5.74) is 3.56. The normalized spacial score (nSPS) is 14.9. The zero-order valence-corrected chi connectivity index (χ0v) is 14.1. The van der Waals surface area contributed by atoms with E-state index in [-0.39, 0.29) is 5.91 Å². The molecule has 120 valence electrons. The maximum atomic E-state index is 12.4. The van der Waals surface area contributed by atoms with Gasteiger partial charge in [0.15, 0.2) is 0 Å². The van der Waals surface area contributed by atoms with Gasteiger partial charge in [0, 0.05) is 12.2 Å². The molecule has 2 aromatic rings. The summed E-state index contributed by atoms with van der Waals surface area (Å²) in [5.74, 6) is -0.169. The average Bonchev–Trinajstić information content (AvgIpc) is 3.03. The molecular formula is C19H21ClN2O. The first-order chi connectivity index (χ1) is 11.1. The van der Waals surface area contributed by atoms with Crippen LogP contribution in [-0.2, 0) is 6.54 Å². The van der Waals surface area contributed by atoms with Crippen LogP contribution in [0.2, 0.25) is 5.02 Å². The molecule has 3 rings (SSSR count). The first-order valence-electron chi connectivity index (χ1n) is 8.00. The highest BCUT2D eigenvalue weighted by molar-refractivity contribution is 6.34. The summed E-state index contributed by atoms with van der Waals surface area (Å²) in [5, 5.41) is 3.42. The van der Waals surface area contributed by atoms with Crippen LogP contribution in [-0.4, -0.2) is 23.9 Å². The predicted octanol–water partition coefficient (Wildman–Crippen LogP) is 4.50. The van der Waals surface area contributed by atoms with Crippen LogP contribution in [0.4, 0.5) is 5.69 Å². The van der Waals surface area contributed by atoms with Crippen LogP contribution in [0.3, 0.4) is 0 Å². The SMILES string of the molecule is Cc1ccc(Cl)c(C(=O)Nc2cccc(CN3CCCC3)c2)c1. The van der Waals surface area contributed by atoms with Crippen LogP contribution in [0.15, 0.2) is 42.5 Å². The van der Waals surface area contributed by atoms with Crippen LogP contribution in [0.25, 0.3) is 0 Å². The van der Waals surface area contributed by atoms with Crippen LogP contribution >= 0.6 is 11.6 Å². The number of benzene rings is 2. The average molecular weight is 329 g/mol. The number of carbonyl (C=O) groups is 1. The van der Waals surface area contributed by atoms with Gasteiger partial charge < -0.3 is 5.32 Å². The molecule has 1 fully saturated rings. The summed E-state index contributed by atoms with van der Waals surface area (Å²) in [6.45, 7) is 5.21. The molecule has 4 heteroatoms. The van der Waals surface area contributed by atoms with Crippen molar-refractivity contribution >= 4 is 23.2 Å². The highest BCUT2D eigenvalue weighted by Crippen LogP contribution is 2.20. The van der Waals surface area contributed by atoms with Crippen molar-refractivity contribution in [2.45, 2.75) is 26.3 Å². The minimum atomic E-state index is -0.169. The molecule has 0 atom stereocenters. The standard InChI is InChI=1S/C19H21ClN2O/c1-14-7-8-18(20)17(11-14)19(23)21-16-6-4-5-15(12-16)13-22-9-2-3-10-22/h4-8,11-12H,2-3,9-10,13H2,1H3,(H,21,23).